The molecule has 0 amide bonds. The topological polar surface area (TPSA) is 57.8 Å². The molecule has 0 aliphatic rings. The third-order valence-corrected chi connectivity index (χ3v) is 1.98. The van der Waals surface area contributed by atoms with Gasteiger partial charge < -0.3 is 5.11 Å². The molecule has 0 bridgehead atoms. The maximum Gasteiger partial charge on any atom is 0.383 e. The van der Waals surface area contributed by atoms with Crippen molar-refractivity contribution >= 4 is 10.8 Å². The van der Waals surface area contributed by atoms with Crippen molar-refractivity contribution in [3.63, 3.8) is 0 Å². The Morgan fingerprint density at radius 2 is 1.93 bits per heavy atom. The second kappa shape index (κ2) is 3.33. The Balaban J connectivity index is 2.75. The van der Waals surface area contributed by atoms with Gasteiger partial charge in [-0.05, 0) is 16.3 Å². The molecule has 2 aromatic carbocycles. The Hall–Kier alpha value is -2.10. The average Bonchev–Trinajstić information content (AvgIpc) is 2.23. The summed E-state index contributed by atoms with van der Waals surface area (Å²) < 4.78 is 3.31. The predicted octanol–water partition coefficient (Wildman–Crippen LogP) is 2.46. The van der Waals surface area contributed by atoms with Gasteiger partial charge in [0.25, 0.3) is 10.7 Å². The lowest BCUT2D eigenvalue weighted by molar-refractivity contribution is 0.408. The van der Waals surface area contributed by atoms with E-state index in [0.717, 1.165) is 5.39 Å². The zero-order chi connectivity index (χ0) is 9.97. The summed E-state index contributed by atoms with van der Waals surface area (Å²) >= 11 is 0. The number of benzene rings is 2. The van der Waals surface area contributed by atoms with Crippen LogP contribution in [0.5, 0.6) is 11.5 Å². The number of aromatic hydroxyl groups is 1. The van der Waals surface area contributed by atoms with Gasteiger partial charge in [-0.3, -0.25) is 0 Å². The molecule has 4 heteroatoms. The second-order valence-corrected chi connectivity index (χ2v) is 2.79. The Bertz CT molecular complexity index is 479. The third kappa shape index (κ3) is 1.26. The van der Waals surface area contributed by atoms with Crippen LogP contribution in [0.1, 0.15) is 0 Å². The van der Waals surface area contributed by atoms with Crippen LogP contribution >= 0.6 is 0 Å². The Morgan fingerprint density at radius 1 is 1.14 bits per heavy atom. The minimum Gasteiger partial charge on any atom is -0.504 e. The minimum atomic E-state index is -0.125. The van der Waals surface area contributed by atoms with Crippen molar-refractivity contribution in [3.05, 3.63) is 46.1 Å². The molecule has 70 valence electrons. The smallest absolute Gasteiger partial charge is 0.383 e. The molecule has 0 saturated carbocycles. The van der Waals surface area contributed by atoms with Crippen molar-refractivity contribution in [2.24, 2.45) is 0 Å². The van der Waals surface area contributed by atoms with Gasteiger partial charge in [0.1, 0.15) is 0 Å². The number of hydrogen-bond donors (Lipinski definition) is 1. The van der Waals surface area contributed by atoms with Gasteiger partial charge in [-0.25, -0.2) is 0 Å². The fourth-order valence-corrected chi connectivity index (χ4v) is 1.35. The highest BCUT2D eigenvalue weighted by atomic mass is 17.3. The molecule has 0 aliphatic heterocycles. The molecule has 2 aromatic rings. The molecule has 1 N–H and O–H groups in total. The number of hydrogen-bond acceptors (Lipinski definition) is 3. The largest absolute Gasteiger partial charge is 0.504 e. The van der Waals surface area contributed by atoms with Crippen LogP contribution < -0.4 is 4.89 Å². The fraction of sp³-hybridized carbons (Fsp3) is 0. The van der Waals surface area contributed by atoms with Gasteiger partial charge in [-0.2, -0.15) is 0 Å². The van der Waals surface area contributed by atoms with E-state index < -0.39 is 0 Å². The standard InChI is InChI=1S/C10H6O4/c11-9-6-5-7-3-1-2-4-8(7)10(9)13-14-12/h1-6H/p+1. The first-order valence-corrected chi connectivity index (χ1v) is 4.00. The van der Waals surface area contributed by atoms with Crippen LogP contribution in [0.4, 0.5) is 0 Å². The normalized spacial score (nSPS) is 10.0. The molecule has 0 aromatic heterocycles. The molecular formula is C10H7O4+. The van der Waals surface area contributed by atoms with E-state index in [4.69, 9.17) is 0 Å². The molecule has 0 heterocycles. The van der Waals surface area contributed by atoms with E-state index in [1.54, 1.807) is 18.2 Å². The second-order valence-electron chi connectivity index (χ2n) is 2.79. The molecule has 4 nitrogen and oxygen atoms in total. The third-order valence-electron chi connectivity index (χ3n) is 1.98. The van der Waals surface area contributed by atoms with E-state index in [1.165, 1.54) is 6.07 Å². The quantitative estimate of drug-likeness (QED) is 0.450. The highest BCUT2D eigenvalue weighted by Crippen LogP contribution is 2.34. The fourth-order valence-electron chi connectivity index (χ4n) is 1.35. The molecule has 0 spiro atoms. The lowest BCUT2D eigenvalue weighted by Crippen LogP contribution is -1.85. The zero-order valence-electron chi connectivity index (χ0n) is 7.14. The van der Waals surface area contributed by atoms with Gasteiger partial charge in [0.05, 0.1) is 0 Å². The molecule has 0 fully saturated rings. The first-order chi connectivity index (χ1) is 6.83. The van der Waals surface area contributed by atoms with Crippen LogP contribution in [0.2, 0.25) is 0 Å². The van der Waals surface area contributed by atoms with E-state index in [1.807, 2.05) is 12.1 Å². The summed E-state index contributed by atoms with van der Waals surface area (Å²) in [6.07, 6.45) is 0. The van der Waals surface area contributed by atoms with Gasteiger partial charge in [0.15, 0.2) is 5.75 Å². The van der Waals surface area contributed by atoms with Crippen molar-refractivity contribution in [1.82, 2.24) is 0 Å². The summed E-state index contributed by atoms with van der Waals surface area (Å²) in [5.41, 5.74) is 0. The van der Waals surface area contributed by atoms with Gasteiger partial charge in [-0.1, -0.05) is 30.3 Å². The van der Waals surface area contributed by atoms with Crippen LogP contribution in [0, 0.1) is 9.71 Å². The van der Waals surface area contributed by atoms with Gasteiger partial charge in [0, 0.05) is 5.39 Å². The van der Waals surface area contributed by atoms with Crippen LogP contribution in [0.3, 0.4) is 0 Å². The van der Waals surface area contributed by atoms with E-state index in [2.05, 4.69) is 9.63 Å². The first-order valence-electron chi connectivity index (χ1n) is 4.00. The summed E-state index contributed by atoms with van der Waals surface area (Å²) in [7, 11) is 0. The number of fused-ring (bicyclic) bond motifs is 1. The molecule has 0 aliphatic carbocycles. The molecular weight excluding hydrogens is 184 g/mol. The van der Waals surface area contributed by atoms with Crippen molar-refractivity contribution < 1.29 is 9.99 Å². The summed E-state index contributed by atoms with van der Waals surface area (Å²) in [4.78, 5) is 14.2. The monoisotopic (exact) mass is 191 g/mol. The summed E-state index contributed by atoms with van der Waals surface area (Å²) in [6, 6.07) is 10.4. The summed E-state index contributed by atoms with van der Waals surface area (Å²) in [5.74, 6) is -0.0855. The average molecular weight is 191 g/mol. The SMILES string of the molecule is O=[O+]Oc1c(O)ccc2ccccc12. The zero-order valence-corrected chi connectivity index (χ0v) is 7.14. The van der Waals surface area contributed by atoms with Crippen molar-refractivity contribution in [3.8, 4) is 11.5 Å². The molecule has 0 unspecified atom stereocenters. The number of rotatable bonds is 2. The van der Waals surface area contributed by atoms with Crippen LogP contribution in [0.25, 0.3) is 10.8 Å². The van der Waals surface area contributed by atoms with Gasteiger partial charge >= 0.3 is 4.75 Å². The van der Waals surface area contributed by atoms with Crippen molar-refractivity contribution in [2.45, 2.75) is 0 Å². The first kappa shape index (κ1) is 8.50. The van der Waals surface area contributed by atoms with Crippen LogP contribution in [0.15, 0.2) is 36.4 Å². The Kier molecular flexibility index (Phi) is 2.02. The van der Waals surface area contributed by atoms with Crippen molar-refractivity contribution in [1.29, 1.82) is 0 Å². The lowest BCUT2D eigenvalue weighted by Gasteiger charge is -1.98. The summed E-state index contributed by atoms with van der Waals surface area (Å²) in [5, 5.41) is 10.9. The highest BCUT2D eigenvalue weighted by molar-refractivity contribution is 5.90. The van der Waals surface area contributed by atoms with E-state index >= 15 is 0 Å². The molecule has 0 radical (unpaired) electrons. The maximum absolute atomic E-state index is 9.86. The van der Waals surface area contributed by atoms with Crippen LogP contribution in [-0.4, -0.2) is 5.11 Å². The van der Waals surface area contributed by atoms with Gasteiger partial charge in [-0.15, -0.1) is 0 Å². The lowest BCUT2D eigenvalue weighted by atomic mass is 10.1. The number of phenols is 1. The van der Waals surface area contributed by atoms with E-state index in [0.29, 0.717) is 5.39 Å². The Morgan fingerprint density at radius 3 is 2.71 bits per heavy atom. The minimum absolute atomic E-state index is 0.0399. The van der Waals surface area contributed by atoms with E-state index in [9.17, 15) is 10.1 Å². The predicted molar refractivity (Wildman–Crippen MR) is 53.0 cm³/mol. The Labute approximate surface area is 79.2 Å². The molecule has 2 rings (SSSR count). The maximum atomic E-state index is 9.86. The molecule has 0 saturated heterocycles. The van der Waals surface area contributed by atoms with E-state index in [-0.39, 0.29) is 11.5 Å². The van der Waals surface area contributed by atoms with Crippen molar-refractivity contribution in [2.75, 3.05) is 0 Å². The van der Waals surface area contributed by atoms with Gasteiger partial charge in [0.2, 0.25) is 0 Å². The highest BCUT2D eigenvalue weighted by Gasteiger charge is 2.14. The van der Waals surface area contributed by atoms with Crippen LogP contribution in [-0.2, 0) is 0 Å². The molecule has 14 heavy (non-hydrogen) atoms. The summed E-state index contributed by atoms with van der Waals surface area (Å²) in [6.45, 7) is 0. The molecule has 0 atom stereocenters. The number of phenolic OH excluding ortho intramolecular Hbond substituents is 1.